The highest BCUT2D eigenvalue weighted by Crippen LogP contribution is 2.31. The van der Waals surface area contributed by atoms with Gasteiger partial charge in [-0.25, -0.2) is 0 Å². The molecule has 0 amide bonds. The van der Waals surface area contributed by atoms with Gasteiger partial charge in [-0.05, 0) is 11.6 Å². The zero-order valence-electron chi connectivity index (χ0n) is 12.4. The number of carbonyl (C=O) groups is 1. The maximum absolute atomic E-state index is 10.6. The predicted molar refractivity (Wildman–Crippen MR) is 83.1 cm³/mol. The van der Waals surface area contributed by atoms with Crippen molar-refractivity contribution in [2.24, 2.45) is 0 Å². The molecule has 0 bridgehead atoms. The molecule has 0 radical (unpaired) electrons. The van der Waals surface area contributed by atoms with Crippen molar-refractivity contribution in [3.05, 3.63) is 59.7 Å². The number of ether oxygens (including phenoxy) is 2. The molecular weight excluding hydrogens is 282 g/mol. The van der Waals surface area contributed by atoms with Crippen LogP contribution in [0.3, 0.4) is 0 Å². The predicted octanol–water partition coefficient (Wildman–Crippen LogP) is 2.45. The van der Waals surface area contributed by atoms with Crippen molar-refractivity contribution >= 4 is 5.97 Å². The zero-order chi connectivity index (χ0) is 15.8. The second-order valence-corrected chi connectivity index (χ2v) is 4.72. The van der Waals surface area contributed by atoms with Crippen LogP contribution in [-0.4, -0.2) is 24.7 Å². The van der Waals surface area contributed by atoms with Crippen molar-refractivity contribution in [2.75, 3.05) is 13.7 Å². The molecule has 0 aliphatic rings. The largest absolute Gasteiger partial charge is 0.493 e. The standard InChI is InChI=1S/C17H19NO4/c1-21-15-9-5-8-14(10-18-11-16(19)20)17(15)22-12-13-6-3-2-4-7-13/h2-9,18H,10-12H2,1H3,(H,19,20). The summed E-state index contributed by atoms with van der Waals surface area (Å²) < 4.78 is 11.2. The molecule has 0 fully saturated rings. The van der Waals surface area contributed by atoms with Crippen molar-refractivity contribution in [3.63, 3.8) is 0 Å². The summed E-state index contributed by atoms with van der Waals surface area (Å²) in [7, 11) is 1.58. The maximum Gasteiger partial charge on any atom is 0.317 e. The van der Waals surface area contributed by atoms with Crippen molar-refractivity contribution < 1.29 is 19.4 Å². The van der Waals surface area contributed by atoms with Gasteiger partial charge in [0.05, 0.1) is 13.7 Å². The van der Waals surface area contributed by atoms with E-state index in [1.54, 1.807) is 7.11 Å². The number of benzene rings is 2. The minimum Gasteiger partial charge on any atom is -0.493 e. The molecule has 0 aromatic heterocycles. The average Bonchev–Trinajstić information content (AvgIpc) is 2.54. The van der Waals surface area contributed by atoms with Gasteiger partial charge in [-0.15, -0.1) is 0 Å². The van der Waals surface area contributed by atoms with E-state index in [-0.39, 0.29) is 6.54 Å². The molecule has 2 rings (SSSR count). The summed E-state index contributed by atoms with van der Waals surface area (Å²) in [6, 6.07) is 15.4. The molecule has 0 saturated heterocycles. The van der Waals surface area contributed by atoms with Crippen LogP contribution in [0.25, 0.3) is 0 Å². The van der Waals surface area contributed by atoms with Gasteiger partial charge in [-0.2, -0.15) is 0 Å². The fraction of sp³-hybridized carbons (Fsp3) is 0.235. The summed E-state index contributed by atoms with van der Waals surface area (Å²) in [5, 5.41) is 11.6. The van der Waals surface area contributed by atoms with Crippen molar-refractivity contribution in [1.29, 1.82) is 0 Å². The molecular formula is C17H19NO4. The lowest BCUT2D eigenvalue weighted by Gasteiger charge is -2.15. The highest BCUT2D eigenvalue weighted by molar-refractivity contribution is 5.69. The highest BCUT2D eigenvalue weighted by Gasteiger charge is 2.11. The van der Waals surface area contributed by atoms with E-state index in [9.17, 15) is 4.79 Å². The number of aliphatic carboxylic acids is 1. The SMILES string of the molecule is COc1cccc(CNCC(=O)O)c1OCc1ccccc1. The summed E-state index contributed by atoms with van der Waals surface area (Å²) >= 11 is 0. The first-order valence-electron chi connectivity index (χ1n) is 6.96. The first kappa shape index (κ1) is 15.9. The van der Waals surface area contributed by atoms with Gasteiger partial charge in [0.2, 0.25) is 0 Å². The molecule has 0 aliphatic heterocycles. The van der Waals surface area contributed by atoms with E-state index < -0.39 is 5.97 Å². The molecule has 5 nitrogen and oxygen atoms in total. The van der Waals surface area contributed by atoms with Crippen LogP contribution in [0, 0.1) is 0 Å². The van der Waals surface area contributed by atoms with Crippen molar-refractivity contribution in [2.45, 2.75) is 13.2 Å². The third-order valence-corrected chi connectivity index (χ3v) is 3.10. The van der Waals surface area contributed by atoms with Gasteiger partial charge in [0.1, 0.15) is 6.61 Å². The maximum atomic E-state index is 10.6. The van der Waals surface area contributed by atoms with Gasteiger partial charge >= 0.3 is 5.97 Å². The van der Waals surface area contributed by atoms with Gasteiger partial charge in [0.25, 0.3) is 0 Å². The second kappa shape index (κ2) is 8.05. The molecule has 116 valence electrons. The molecule has 22 heavy (non-hydrogen) atoms. The minimum absolute atomic E-state index is 0.102. The Morgan fingerprint density at radius 1 is 1.14 bits per heavy atom. The van der Waals surface area contributed by atoms with Crippen molar-refractivity contribution in [3.8, 4) is 11.5 Å². The number of rotatable bonds is 8. The molecule has 0 spiro atoms. The van der Waals surface area contributed by atoms with E-state index >= 15 is 0 Å². The molecule has 2 aromatic carbocycles. The van der Waals surface area contributed by atoms with E-state index in [1.165, 1.54) is 0 Å². The molecule has 2 N–H and O–H groups in total. The van der Waals surface area contributed by atoms with Crippen LogP contribution in [0.1, 0.15) is 11.1 Å². The monoisotopic (exact) mass is 301 g/mol. The fourth-order valence-corrected chi connectivity index (χ4v) is 2.06. The Bertz CT molecular complexity index is 613. The minimum atomic E-state index is -0.894. The number of carboxylic acid groups (broad SMARTS) is 1. The average molecular weight is 301 g/mol. The second-order valence-electron chi connectivity index (χ2n) is 4.72. The topological polar surface area (TPSA) is 67.8 Å². The lowest BCUT2D eigenvalue weighted by Crippen LogP contribution is -2.22. The van der Waals surface area contributed by atoms with E-state index in [2.05, 4.69) is 5.32 Å². The van der Waals surface area contributed by atoms with E-state index in [0.29, 0.717) is 24.7 Å². The number of carboxylic acids is 1. The quantitative estimate of drug-likeness (QED) is 0.784. The van der Waals surface area contributed by atoms with Gasteiger partial charge in [0.15, 0.2) is 11.5 Å². The summed E-state index contributed by atoms with van der Waals surface area (Å²) in [5.74, 6) is 0.368. The first-order chi connectivity index (χ1) is 10.7. The van der Waals surface area contributed by atoms with Crippen LogP contribution >= 0.6 is 0 Å². The Morgan fingerprint density at radius 3 is 2.59 bits per heavy atom. The summed E-state index contributed by atoms with van der Waals surface area (Å²) in [6.45, 7) is 0.718. The molecule has 0 atom stereocenters. The van der Waals surface area contributed by atoms with Gasteiger partial charge in [-0.3, -0.25) is 4.79 Å². The zero-order valence-corrected chi connectivity index (χ0v) is 12.4. The summed E-state index contributed by atoms with van der Waals surface area (Å²) in [4.78, 5) is 10.6. The first-order valence-corrected chi connectivity index (χ1v) is 6.96. The Labute approximate surface area is 129 Å². The normalized spacial score (nSPS) is 10.2. The summed E-state index contributed by atoms with van der Waals surface area (Å²) in [5.41, 5.74) is 1.91. The summed E-state index contributed by atoms with van der Waals surface area (Å²) in [6.07, 6.45) is 0. The van der Waals surface area contributed by atoms with Crippen LogP contribution in [0.2, 0.25) is 0 Å². The molecule has 5 heteroatoms. The molecule has 2 aromatic rings. The van der Waals surface area contributed by atoms with Crippen LogP contribution in [-0.2, 0) is 17.9 Å². The Hall–Kier alpha value is -2.53. The highest BCUT2D eigenvalue weighted by atomic mass is 16.5. The molecule has 0 heterocycles. The number of hydrogen-bond donors (Lipinski definition) is 2. The fourth-order valence-electron chi connectivity index (χ4n) is 2.06. The van der Waals surface area contributed by atoms with E-state index in [1.807, 2.05) is 48.5 Å². The van der Waals surface area contributed by atoms with Gasteiger partial charge in [0, 0.05) is 12.1 Å². The van der Waals surface area contributed by atoms with Crippen LogP contribution < -0.4 is 14.8 Å². The Morgan fingerprint density at radius 2 is 1.91 bits per heavy atom. The van der Waals surface area contributed by atoms with Crippen LogP contribution in [0.15, 0.2) is 48.5 Å². The lowest BCUT2D eigenvalue weighted by atomic mass is 10.1. The van der Waals surface area contributed by atoms with E-state index in [4.69, 9.17) is 14.6 Å². The van der Waals surface area contributed by atoms with E-state index in [0.717, 1.165) is 11.1 Å². The number of para-hydroxylation sites is 1. The number of nitrogens with one attached hydrogen (secondary N) is 1. The lowest BCUT2D eigenvalue weighted by molar-refractivity contribution is -0.136. The van der Waals surface area contributed by atoms with Crippen LogP contribution in [0.5, 0.6) is 11.5 Å². The third kappa shape index (κ3) is 4.49. The Balaban J connectivity index is 2.10. The Kier molecular flexibility index (Phi) is 5.80. The van der Waals surface area contributed by atoms with Crippen molar-refractivity contribution in [1.82, 2.24) is 5.32 Å². The molecule has 0 unspecified atom stereocenters. The van der Waals surface area contributed by atoms with Gasteiger partial charge < -0.3 is 19.9 Å². The van der Waals surface area contributed by atoms with Gasteiger partial charge in [-0.1, -0.05) is 42.5 Å². The number of methoxy groups -OCH3 is 1. The molecule has 0 saturated carbocycles. The number of hydrogen-bond acceptors (Lipinski definition) is 4. The molecule has 0 aliphatic carbocycles. The third-order valence-electron chi connectivity index (χ3n) is 3.10. The smallest absolute Gasteiger partial charge is 0.317 e. The van der Waals surface area contributed by atoms with Crippen LogP contribution in [0.4, 0.5) is 0 Å².